The van der Waals surface area contributed by atoms with E-state index in [1.807, 2.05) is 16.9 Å². The van der Waals surface area contributed by atoms with Crippen LogP contribution in [0.5, 0.6) is 0 Å². The Hall–Kier alpha value is -1.85. The molecule has 1 atom stereocenters. The molecule has 1 saturated heterocycles. The molecule has 0 spiro atoms. The quantitative estimate of drug-likeness (QED) is 0.874. The highest BCUT2D eigenvalue weighted by molar-refractivity contribution is 5.89. The van der Waals surface area contributed by atoms with E-state index in [0.29, 0.717) is 25.6 Å². The fourth-order valence-electron chi connectivity index (χ4n) is 2.10. The number of carbonyl (C=O) groups is 2. The molecule has 1 aliphatic heterocycles. The third kappa shape index (κ3) is 3.13. The van der Waals surface area contributed by atoms with Crippen molar-refractivity contribution in [2.45, 2.75) is 45.8 Å². The highest BCUT2D eigenvalue weighted by Gasteiger charge is 2.26. The third-order valence-electron chi connectivity index (χ3n) is 3.21. The van der Waals surface area contributed by atoms with Crippen molar-refractivity contribution in [3.63, 3.8) is 0 Å². The molecule has 2 amide bonds. The molecule has 1 fully saturated rings. The van der Waals surface area contributed by atoms with Gasteiger partial charge in [0.2, 0.25) is 11.8 Å². The molecule has 104 valence electrons. The van der Waals surface area contributed by atoms with Crippen molar-refractivity contribution >= 4 is 11.8 Å². The first-order chi connectivity index (χ1) is 8.97. The summed E-state index contributed by atoms with van der Waals surface area (Å²) >= 11 is 0. The fraction of sp³-hybridized carbons (Fsp3) is 0.615. The Labute approximate surface area is 112 Å². The normalized spacial score (nSPS) is 20.6. The monoisotopic (exact) mass is 264 g/mol. The van der Waals surface area contributed by atoms with Gasteiger partial charge in [-0.15, -0.1) is 0 Å². The van der Waals surface area contributed by atoms with Crippen molar-refractivity contribution in [3.05, 3.63) is 18.0 Å². The Morgan fingerprint density at radius 3 is 2.84 bits per heavy atom. The number of rotatable bonds is 3. The zero-order valence-corrected chi connectivity index (χ0v) is 11.6. The summed E-state index contributed by atoms with van der Waals surface area (Å²) in [5.41, 5.74) is 0.851. The number of carbonyl (C=O) groups excluding carboxylic acids is 2. The average molecular weight is 264 g/mol. The zero-order valence-electron chi connectivity index (χ0n) is 11.6. The van der Waals surface area contributed by atoms with E-state index in [2.05, 4.69) is 24.3 Å². The minimum absolute atomic E-state index is 0.0510. The van der Waals surface area contributed by atoms with E-state index in [9.17, 15) is 9.59 Å². The number of hydrogen-bond acceptors (Lipinski definition) is 3. The molecule has 1 unspecified atom stereocenters. The van der Waals surface area contributed by atoms with Gasteiger partial charge in [0, 0.05) is 25.2 Å². The smallest absolute Gasteiger partial charge is 0.245 e. The van der Waals surface area contributed by atoms with Gasteiger partial charge in [-0.2, -0.15) is 5.10 Å². The topological polar surface area (TPSA) is 67.2 Å². The van der Waals surface area contributed by atoms with Crippen LogP contribution in [0.2, 0.25) is 0 Å². The molecule has 0 radical (unpaired) electrons. The molecule has 0 aliphatic carbocycles. The van der Waals surface area contributed by atoms with Crippen LogP contribution in [0.25, 0.3) is 0 Å². The zero-order chi connectivity index (χ0) is 14.0. The van der Waals surface area contributed by atoms with E-state index in [0.717, 1.165) is 5.69 Å². The second kappa shape index (κ2) is 5.42. The van der Waals surface area contributed by atoms with Crippen LogP contribution in [0, 0.1) is 0 Å². The standard InChI is InChI=1S/C13H20N4O2/c1-9(2)17-7-4-11(15-17)8-16-6-5-12(18)14-10(3)13(16)19/h4,7,9-10H,5-6,8H2,1-3H3,(H,14,18). The van der Waals surface area contributed by atoms with Crippen molar-refractivity contribution in [2.24, 2.45) is 0 Å². The lowest BCUT2D eigenvalue weighted by molar-refractivity contribution is -0.133. The number of amides is 2. The van der Waals surface area contributed by atoms with Crippen molar-refractivity contribution in [1.29, 1.82) is 0 Å². The van der Waals surface area contributed by atoms with Crippen LogP contribution < -0.4 is 5.32 Å². The SMILES string of the molecule is CC1NC(=O)CCN(Cc2ccn(C(C)C)n2)C1=O. The molecule has 1 aliphatic rings. The van der Waals surface area contributed by atoms with Crippen LogP contribution >= 0.6 is 0 Å². The fourth-order valence-corrected chi connectivity index (χ4v) is 2.10. The second-order valence-electron chi connectivity index (χ2n) is 5.18. The van der Waals surface area contributed by atoms with Gasteiger partial charge in [0.05, 0.1) is 12.2 Å². The number of nitrogens with zero attached hydrogens (tertiary/aromatic N) is 3. The summed E-state index contributed by atoms with van der Waals surface area (Å²) in [5, 5.41) is 7.11. The average Bonchev–Trinajstić information content (AvgIpc) is 2.77. The Kier molecular flexibility index (Phi) is 3.87. The first kappa shape index (κ1) is 13.6. The summed E-state index contributed by atoms with van der Waals surface area (Å²) < 4.78 is 1.87. The highest BCUT2D eigenvalue weighted by atomic mass is 16.2. The van der Waals surface area contributed by atoms with Gasteiger partial charge in [-0.05, 0) is 26.8 Å². The molecule has 6 heteroatoms. The summed E-state index contributed by atoms with van der Waals surface area (Å²) in [6.45, 7) is 6.73. The van der Waals surface area contributed by atoms with E-state index in [4.69, 9.17) is 0 Å². The number of aromatic nitrogens is 2. The van der Waals surface area contributed by atoms with Gasteiger partial charge in [0.15, 0.2) is 0 Å². The summed E-state index contributed by atoms with van der Waals surface area (Å²) in [7, 11) is 0. The lowest BCUT2D eigenvalue weighted by Crippen LogP contribution is -2.42. The lowest BCUT2D eigenvalue weighted by atomic mass is 10.3. The Morgan fingerprint density at radius 2 is 2.21 bits per heavy atom. The Morgan fingerprint density at radius 1 is 1.47 bits per heavy atom. The van der Waals surface area contributed by atoms with Crippen molar-refractivity contribution in [3.8, 4) is 0 Å². The second-order valence-corrected chi connectivity index (χ2v) is 5.18. The molecule has 1 aromatic heterocycles. The van der Waals surface area contributed by atoms with Gasteiger partial charge in [0.1, 0.15) is 6.04 Å². The summed E-state index contributed by atoms with van der Waals surface area (Å²) in [6, 6.07) is 1.76. The molecule has 2 rings (SSSR count). The van der Waals surface area contributed by atoms with E-state index in [1.165, 1.54) is 0 Å². The molecule has 19 heavy (non-hydrogen) atoms. The summed E-state index contributed by atoms with van der Waals surface area (Å²) in [6.07, 6.45) is 2.26. The maximum absolute atomic E-state index is 12.1. The van der Waals surface area contributed by atoms with Crippen molar-refractivity contribution in [2.75, 3.05) is 6.54 Å². The van der Waals surface area contributed by atoms with Gasteiger partial charge in [-0.25, -0.2) is 0 Å². The predicted molar refractivity (Wildman–Crippen MR) is 70.3 cm³/mol. The van der Waals surface area contributed by atoms with E-state index in [-0.39, 0.29) is 11.8 Å². The maximum Gasteiger partial charge on any atom is 0.245 e. The van der Waals surface area contributed by atoms with Crippen molar-refractivity contribution < 1.29 is 9.59 Å². The van der Waals surface area contributed by atoms with Gasteiger partial charge in [-0.3, -0.25) is 14.3 Å². The Bertz CT molecular complexity index is 481. The van der Waals surface area contributed by atoms with E-state index >= 15 is 0 Å². The Balaban J connectivity index is 2.07. The molecular weight excluding hydrogens is 244 g/mol. The summed E-state index contributed by atoms with van der Waals surface area (Å²) in [5.74, 6) is -0.124. The largest absolute Gasteiger partial charge is 0.345 e. The maximum atomic E-state index is 12.1. The molecule has 0 saturated carbocycles. The first-order valence-corrected chi connectivity index (χ1v) is 6.59. The van der Waals surface area contributed by atoms with Gasteiger partial charge < -0.3 is 10.2 Å². The molecule has 0 aromatic carbocycles. The predicted octanol–water partition coefficient (Wildman–Crippen LogP) is 0.701. The molecule has 6 nitrogen and oxygen atoms in total. The summed E-state index contributed by atoms with van der Waals surface area (Å²) in [4.78, 5) is 25.2. The van der Waals surface area contributed by atoms with Crippen LogP contribution in [0.3, 0.4) is 0 Å². The van der Waals surface area contributed by atoms with Gasteiger partial charge in [-0.1, -0.05) is 0 Å². The van der Waals surface area contributed by atoms with E-state index in [1.54, 1.807) is 11.8 Å². The minimum Gasteiger partial charge on any atom is -0.345 e. The van der Waals surface area contributed by atoms with Crippen LogP contribution in [0.15, 0.2) is 12.3 Å². The van der Waals surface area contributed by atoms with Crippen molar-refractivity contribution in [1.82, 2.24) is 20.0 Å². The van der Waals surface area contributed by atoms with Gasteiger partial charge in [0.25, 0.3) is 0 Å². The van der Waals surface area contributed by atoms with Crippen LogP contribution in [0.4, 0.5) is 0 Å². The van der Waals surface area contributed by atoms with Crippen LogP contribution in [-0.2, 0) is 16.1 Å². The van der Waals surface area contributed by atoms with Crippen LogP contribution in [0.1, 0.15) is 38.9 Å². The first-order valence-electron chi connectivity index (χ1n) is 6.59. The van der Waals surface area contributed by atoms with Crippen LogP contribution in [-0.4, -0.2) is 39.1 Å². The van der Waals surface area contributed by atoms with E-state index < -0.39 is 6.04 Å². The molecule has 0 bridgehead atoms. The molecule has 1 N–H and O–H groups in total. The highest BCUT2D eigenvalue weighted by Crippen LogP contribution is 2.10. The number of nitrogens with one attached hydrogen (secondary N) is 1. The molecular formula is C13H20N4O2. The number of hydrogen-bond donors (Lipinski definition) is 1. The minimum atomic E-state index is -0.456. The lowest BCUT2D eigenvalue weighted by Gasteiger charge is -2.21. The molecule has 1 aromatic rings. The molecule has 2 heterocycles. The van der Waals surface area contributed by atoms with Gasteiger partial charge >= 0.3 is 0 Å². The third-order valence-corrected chi connectivity index (χ3v) is 3.21.